The lowest BCUT2D eigenvalue weighted by Gasteiger charge is -2.14. The second kappa shape index (κ2) is 7.49. The number of aryl methyl sites for hydroxylation is 1. The number of halogens is 2. The van der Waals surface area contributed by atoms with Crippen molar-refractivity contribution in [1.82, 2.24) is 0 Å². The molecule has 0 fully saturated rings. The number of amides is 1. The Labute approximate surface area is 144 Å². The molecule has 0 radical (unpaired) electrons. The monoisotopic (exact) mass is 351 g/mol. The van der Waals surface area contributed by atoms with Crippen molar-refractivity contribution in [2.45, 2.75) is 20.0 Å². The molecule has 0 saturated carbocycles. The van der Waals surface area contributed by atoms with Crippen LogP contribution in [0, 0.1) is 6.92 Å². The Morgan fingerprint density at radius 3 is 2.39 bits per heavy atom. The molecular weight excluding hydrogens is 337 g/mol. The first-order valence-electron chi connectivity index (χ1n) is 6.90. The first-order chi connectivity index (χ1) is 10.9. The zero-order chi connectivity index (χ0) is 17.0. The van der Waals surface area contributed by atoms with Crippen LogP contribution in [0.3, 0.4) is 0 Å². The highest BCUT2D eigenvalue weighted by Gasteiger charge is 2.21. The van der Waals surface area contributed by atoms with Gasteiger partial charge in [0.1, 0.15) is 0 Å². The van der Waals surface area contributed by atoms with Crippen LogP contribution in [0.15, 0.2) is 42.5 Å². The molecule has 2 aromatic carbocycles. The van der Waals surface area contributed by atoms with E-state index < -0.39 is 18.0 Å². The molecule has 0 aliphatic heterocycles. The van der Waals surface area contributed by atoms with Gasteiger partial charge in [0, 0.05) is 10.7 Å². The summed E-state index contributed by atoms with van der Waals surface area (Å²) in [6.07, 6.45) is -0.973. The topological polar surface area (TPSA) is 55.4 Å². The lowest BCUT2D eigenvalue weighted by atomic mass is 10.2. The molecule has 2 aromatic rings. The highest BCUT2D eigenvalue weighted by molar-refractivity contribution is 6.35. The fourth-order valence-corrected chi connectivity index (χ4v) is 2.18. The van der Waals surface area contributed by atoms with E-state index in [1.165, 1.54) is 19.1 Å². The van der Waals surface area contributed by atoms with Gasteiger partial charge in [0.15, 0.2) is 6.10 Å². The molecule has 6 heteroatoms. The standard InChI is InChI=1S/C17H15Cl2NO3/c1-10-3-6-13(7-4-10)20-16(21)11(2)23-17(22)14-9-12(18)5-8-15(14)19/h3-9,11H,1-2H3,(H,20,21)/t11-/m1/s1. The van der Waals surface area contributed by atoms with Crippen LogP contribution < -0.4 is 5.32 Å². The van der Waals surface area contributed by atoms with Gasteiger partial charge in [-0.15, -0.1) is 0 Å². The summed E-state index contributed by atoms with van der Waals surface area (Å²) in [5, 5.41) is 3.25. The van der Waals surface area contributed by atoms with Crippen molar-refractivity contribution in [3.05, 3.63) is 63.6 Å². The molecule has 0 aliphatic rings. The fourth-order valence-electron chi connectivity index (χ4n) is 1.81. The third-order valence-corrected chi connectivity index (χ3v) is 3.69. The highest BCUT2D eigenvalue weighted by Crippen LogP contribution is 2.22. The summed E-state index contributed by atoms with van der Waals surface area (Å²) >= 11 is 11.8. The van der Waals surface area contributed by atoms with Crippen molar-refractivity contribution in [2.24, 2.45) is 0 Å². The molecule has 4 nitrogen and oxygen atoms in total. The van der Waals surface area contributed by atoms with E-state index >= 15 is 0 Å². The summed E-state index contributed by atoms with van der Waals surface area (Å²) in [5.74, 6) is -1.13. The molecule has 1 atom stereocenters. The lowest BCUT2D eigenvalue weighted by molar-refractivity contribution is -0.123. The minimum Gasteiger partial charge on any atom is -0.449 e. The average molecular weight is 352 g/mol. The number of nitrogens with one attached hydrogen (secondary N) is 1. The number of anilines is 1. The molecule has 0 aromatic heterocycles. The number of benzene rings is 2. The Kier molecular flexibility index (Phi) is 5.64. The van der Waals surface area contributed by atoms with E-state index in [1.54, 1.807) is 18.2 Å². The van der Waals surface area contributed by atoms with Gasteiger partial charge in [0.2, 0.25) is 0 Å². The maximum atomic E-state index is 12.1. The second-order valence-corrected chi connectivity index (χ2v) is 5.87. The maximum absolute atomic E-state index is 12.1. The zero-order valence-electron chi connectivity index (χ0n) is 12.6. The first kappa shape index (κ1) is 17.3. The molecule has 0 spiro atoms. The van der Waals surface area contributed by atoms with Gasteiger partial charge >= 0.3 is 5.97 Å². The first-order valence-corrected chi connectivity index (χ1v) is 7.66. The summed E-state index contributed by atoms with van der Waals surface area (Å²) in [5.41, 5.74) is 1.83. The summed E-state index contributed by atoms with van der Waals surface area (Å²) in [4.78, 5) is 24.2. The average Bonchev–Trinajstić information content (AvgIpc) is 2.51. The Hall–Kier alpha value is -2.04. The van der Waals surface area contributed by atoms with Gasteiger partial charge in [-0.3, -0.25) is 4.79 Å². The van der Waals surface area contributed by atoms with Crippen LogP contribution in [0.1, 0.15) is 22.8 Å². The van der Waals surface area contributed by atoms with Gasteiger partial charge in [-0.2, -0.15) is 0 Å². The molecule has 1 amide bonds. The van der Waals surface area contributed by atoms with Crippen LogP contribution in [-0.4, -0.2) is 18.0 Å². The van der Waals surface area contributed by atoms with Gasteiger partial charge < -0.3 is 10.1 Å². The molecule has 0 aliphatic carbocycles. The minimum atomic E-state index is -0.973. The zero-order valence-corrected chi connectivity index (χ0v) is 14.1. The van der Waals surface area contributed by atoms with Crippen LogP contribution in [0.2, 0.25) is 10.0 Å². The van der Waals surface area contributed by atoms with Crippen molar-refractivity contribution in [2.75, 3.05) is 5.32 Å². The van der Waals surface area contributed by atoms with E-state index in [4.69, 9.17) is 27.9 Å². The highest BCUT2D eigenvalue weighted by atomic mass is 35.5. The van der Waals surface area contributed by atoms with E-state index in [-0.39, 0.29) is 10.6 Å². The Balaban J connectivity index is 2.01. The summed E-state index contributed by atoms with van der Waals surface area (Å²) < 4.78 is 5.14. The van der Waals surface area contributed by atoms with E-state index in [9.17, 15) is 9.59 Å². The Morgan fingerprint density at radius 2 is 1.74 bits per heavy atom. The number of ether oxygens (including phenoxy) is 1. The van der Waals surface area contributed by atoms with Crippen LogP contribution in [-0.2, 0) is 9.53 Å². The predicted octanol–water partition coefficient (Wildman–Crippen LogP) is 4.49. The molecule has 0 saturated heterocycles. The van der Waals surface area contributed by atoms with Crippen LogP contribution in [0.5, 0.6) is 0 Å². The summed E-state index contributed by atoms with van der Waals surface area (Å²) in [6, 6.07) is 11.8. The molecule has 1 N–H and O–H groups in total. The molecular formula is C17H15Cl2NO3. The normalized spacial score (nSPS) is 11.7. The number of esters is 1. The van der Waals surface area contributed by atoms with E-state index in [0.717, 1.165) is 5.56 Å². The predicted molar refractivity (Wildman–Crippen MR) is 91.1 cm³/mol. The van der Waals surface area contributed by atoms with Crippen molar-refractivity contribution in [3.8, 4) is 0 Å². The van der Waals surface area contributed by atoms with Crippen molar-refractivity contribution >= 4 is 40.8 Å². The van der Waals surface area contributed by atoms with Gasteiger partial charge in [0.05, 0.1) is 10.6 Å². The van der Waals surface area contributed by atoms with E-state index in [1.807, 2.05) is 19.1 Å². The largest absolute Gasteiger partial charge is 0.449 e. The third-order valence-electron chi connectivity index (χ3n) is 3.12. The number of carbonyl (C=O) groups is 2. The number of hydrogen-bond acceptors (Lipinski definition) is 3. The second-order valence-electron chi connectivity index (χ2n) is 5.03. The Morgan fingerprint density at radius 1 is 1.09 bits per heavy atom. The maximum Gasteiger partial charge on any atom is 0.340 e. The molecule has 23 heavy (non-hydrogen) atoms. The van der Waals surface area contributed by atoms with Crippen LogP contribution in [0.25, 0.3) is 0 Å². The Bertz CT molecular complexity index is 729. The van der Waals surface area contributed by atoms with E-state index in [0.29, 0.717) is 10.7 Å². The fraction of sp³-hybridized carbons (Fsp3) is 0.176. The van der Waals surface area contributed by atoms with Gasteiger partial charge in [0.25, 0.3) is 5.91 Å². The van der Waals surface area contributed by atoms with Crippen molar-refractivity contribution in [3.63, 3.8) is 0 Å². The van der Waals surface area contributed by atoms with Crippen molar-refractivity contribution < 1.29 is 14.3 Å². The molecule has 2 rings (SSSR count). The summed E-state index contributed by atoms with van der Waals surface area (Å²) in [7, 11) is 0. The van der Waals surface area contributed by atoms with E-state index in [2.05, 4.69) is 5.32 Å². The van der Waals surface area contributed by atoms with Gasteiger partial charge in [-0.05, 0) is 44.2 Å². The summed E-state index contributed by atoms with van der Waals surface area (Å²) in [6.45, 7) is 3.44. The SMILES string of the molecule is Cc1ccc(NC(=O)[C@@H](C)OC(=O)c2cc(Cl)ccc2Cl)cc1. The van der Waals surface area contributed by atoms with Crippen molar-refractivity contribution in [1.29, 1.82) is 0 Å². The number of carbonyl (C=O) groups excluding carboxylic acids is 2. The lowest BCUT2D eigenvalue weighted by Crippen LogP contribution is -2.30. The smallest absolute Gasteiger partial charge is 0.340 e. The van der Waals surface area contributed by atoms with Gasteiger partial charge in [-0.25, -0.2) is 4.79 Å². The van der Waals surface area contributed by atoms with Crippen LogP contribution >= 0.6 is 23.2 Å². The molecule has 120 valence electrons. The van der Waals surface area contributed by atoms with Crippen LogP contribution in [0.4, 0.5) is 5.69 Å². The van der Waals surface area contributed by atoms with Gasteiger partial charge in [-0.1, -0.05) is 40.9 Å². The molecule has 0 heterocycles. The third kappa shape index (κ3) is 4.71. The quantitative estimate of drug-likeness (QED) is 0.825. The number of rotatable bonds is 4. The minimum absolute atomic E-state index is 0.120. The molecule has 0 unspecified atom stereocenters. The number of hydrogen-bond donors (Lipinski definition) is 1. The molecule has 0 bridgehead atoms.